The van der Waals surface area contributed by atoms with Crippen molar-refractivity contribution >= 4 is 56.5 Å². The average molecular weight is 596 g/mol. The van der Waals surface area contributed by atoms with E-state index >= 15 is 0 Å². The second-order valence-electron chi connectivity index (χ2n) is 9.95. The Morgan fingerprint density at radius 2 is 1.95 bits per heavy atom. The maximum atomic E-state index is 13.6. The van der Waals surface area contributed by atoms with Crippen LogP contribution in [0.4, 0.5) is 21.9 Å². The second kappa shape index (κ2) is 12.0. The summed E-state index contributed by atoms with van der Waals surface area (Å²) in [4.78, 5) is 48.2. The predicted molar refractivity (Wildman–Crippen MR) is 166 cm³/mol. The van der Waals surface area contributed by atoms with Gasteiger partial charge < -0.3 is 25.0 Å². The fourth-order valence-electron chi connectivity index (χ4n) is 5.08. The van der Waals surface area contributed by atoms with Crippen LogP contribution in [0.5, 0.6) is 11.5 Å². The molecule has 2 aromatic carbocycles. The van der Waals surface area contributed by atoms with Gasteiger partial charge in [-0.3, -0.25) is 14.5 Å². The van der Waals surface area contributed by atoms with E-state index in [2.05, 4.69) is 15.6 Å². The lowest BCUT2D eigenvalue weighted by Gasteiger charge is -2.29. The number of hydrogen-bond acceptors (Lipinski definition) is 7. The van der Waals surface area contributed by atoms with Crippen molar-refractivity contribution in [1.29, 1.82) is 0 Å². The zero-order valence-corrected chi connectivity index (χ0v) is 24.4. The van der Waals surface area contributed by atoms with Crippen molar-refractivity contribution in [2.45, 2.75) is 26.7 Å². The number of aryl methyl sites for hydroxylation is 1. The van der Waals surface area contributed by atoms with Crippen molar-refractivity contribution in [2.75, 3.05) is 23.4 Å². The summed E-state index contributed by atoms with van der Waals surface area (Å²) in [7, 11) is 0. The van der Waals surface area contributed by atoms with Gasteiger partial charge in [0.2, 0.25) is 0 Å². The zero-order chi connectivity index (χ0) is 29.9. The average Bonchev–Trinajstić information content (AvgIpc) is 3.38. The van der Waals surface area contributed by atoms with Gasteiger partial charge in [0.25, 0.3) is 11.8 Å². The lowest BCUT2D eigenvalue weighted by Crippen LogP contribution is -2.35. The Labute approximate surface area is 252 Å². The molecule has 0 saturated carbocycles. The van der Waals surface area contributed by atoms with Crippen LogP contribution in [0.15, 0.2) is 85.0 Å². The summed E-state index contributed by atoms with van der Waals surface area (Å²) < 4.78 is 11.1. The zero-order valence-electron chi connectivity index (χ0n) is 23.6. The normalized spacial score (nSPS) is 14.5. The number of ether oxygens (including phenoxy) is 2. The minimum Gasteiger partial charge on any atom is -0.501 e. The van der Waals surface area contributed by atoms with Gasteiger partial charge in [-0.25, -0.2) is 9.78 Å². The Kier molecular flexibility index (Phi) is 7.80. The lowest BCUT2D eigenvalue weighted by atomic mass is 10.1. The molecule has 11 heteroatoms. The van der Waals surface area contributed by atoms with Crippen LogP contribution < -0.4 is 20.3 Å². The van der Waals surface area contributed by atoms with Gasteiger partial charge >= 0.3 is 6.03 Å². The number of nitrogens with zero attached hydrogens (tertiary/aromatic N) is 3. The first-order valence-electron chi connectivity index (χ1n) is 13.9. The number of anilines is 3. The highest BCUT2D eigenvalue weighted by molar-refractivity contribution is 7.21. The number of nitrogens with one attached hydrogen (secondary N) is 2. The van der Waals surface area contributed by atoms with Gasteiger partial charge in [0.1, 0.15) is 21.2 Å². The van der Waals surface area contributed by atoms with E-state index in [0.717, 1.165) is 11.3 Å². The quantitative estimate of drug-likeness (QED) is 0.171. The summed E-state index contributed by atoms with van der Waals surface area (Å²) in [6.45, 7) is 4.77. The maximum absolute atomic E-state index is 13.6. The van der Waals surface area contributed by atoms with E-state index < -0.39 is 0 Å². The van der Waals surface area contributed by atoms with Crippen molar-refractivity contribution in [3.63, 3.8) is 0 Å². The summed E-state index contributed by atoms with van der Waals surface area (Å²) in [5, 5.41) is 6.56. The summed E-state index contributed by atoms with van der Waals surface area (Å²) in [5.74, 6) is 0.772. The molecule has 0 radical (unpaired) electrons. The minimum atomic E-state index is -0.387. The van der Waals surface area contributed by atoms with Crippen molar-refractivity contribution < 1.29 is 23.9 Å². The first-order valence-corrected chi connectivity index (χ1v) is 14.7. The highest BCUT2D eigenvalue weighted by Gasteiger charge is 2.33. The molecule has 43 heavy (non-hydrogen) atoms. The van der Waals surface area contributed by atoms with Crippen molar-refractivity contribution in [1.82, 2.24) is 15.2 Å². The predicted octanol–water partition coefficient (Wildman–Crippen LogP) is 6.82. The third-order valence-corrected chi connectivity index (χ3v) is 8.12. The molecule has 218 valence electrons. The molecule has 4 heterocycles. The van der Waals surface area contributed by atoms with Crippen LogP contribution in [0.25, 0.3) is 10.2 Å². The molecule has 4 aromatic rings. The number of urea groups is 1. The summed E-state index contributed by atoms with van der Waals surface area (Å²) in [5.41, 5.74) is 3.19. The Balaban J connectivity index is 1.27. The molecule has 0 aliphatic carbocycles. The van der Waals surface area contributed by atoms with Crippen LogP contribution in [0, 0.1) is 6.92 Å². The number of benzene rings is 2. The number of allylic oxidation sites excluding steroid dienone is 1. The molecular weight excluding hydrogens is 566 g/mol. The number of thiophene rings is 1. The monoisotopic (exact) mass is 595 g/mol. The Hall–Kier alpha value is -5.16. The van der Waals surface area contributed by atoms with Gasteiger partial charge in [0.15, 0.2) is 0 Å². The molecule has 0 spiro atoms. The molecule has 10 nitrogen and oxygen atoms in total. The summed E-state index contributed by atoms with van der Waals surface area (Å²) in [6, 6.07) is 16.4. The second-order valence-corrected chi connectivity index (χ2v) is 10.9. The largest absolute Gasteiger partial charge is 0.501 e. The number of carbonyl (C=O) groups is 3. The highest BCUT2D eigenvalue weighted by Crippen LogP contribution is 2.46. The Bertz CT molecular complexity index is 1780. The number of para-hydroxylation sites is 1. The first-order chi connectivity index (χ1) is 20.9. The van der Waals surface area contributed by atoms with Crippen LogP contribution in [0.2, 0.25) is 0 Å². The molecule has 2 aromatic heterocycles. The van der Waals surface area contributed by atoms with E-state index in [4.69, 9.17) is 9.47 Å². The Morgan fingerprint density at radius 1 is 1.12 bits per heavy atom. The van der Waals surface area contributed by atoms with E-state index in [9.17, 15) is 14.4 Å². The number of pyridine rings is 1. The van der Waals surface area contributed by atoms with E-state index in [0.29, 0.717) is 69.6 Å². The lowest BCUT2D eigenvalue weighted by molar-refractivity contribution is -0.124. The molecule has 2 aliphatic heterocycles. The number of amides is 4. The molecule has 0 fully saturated rings. The van der Waals surface area contributed by atoms with Crippen LogP contribution in [0.3, 0.4) is 0 Å². The van der Waals surface area contributed by atoms with Gasteiger partial charge in [-0.1, -0.05) is 18.2 Å². The molecule has 0 saturated heterocycles. The number of aromatic nitrogens is 1. The van der Waals surface area contributed by atoms with Gasteiger partial charge in [0, 0.05) is 30.7 Å². The van der Waals surface area contributed by atoms with E-state index in [1.807, 2.05) is 62.4 Å². The molecule has 6 rings (SSSR count). The maximum Gasteiger partial charge on any atom is 0.331 e. The molecule has 2 N–H and O–H groups in total. The smallest absolute Gasteiger partial charge is 0.331 e. The molecular formula is C32H29N5O5S. The van der Waals surface area contributed by atoms with Gasteiger partial charge in [0.05, 0.1) is 35.3 Å². The SMILES string of the molecule is CCO/C=C/C(=O)N1C=C(NC(=O)c2sc3nccc4c3c2NC(=O)N4c2ccc(Oc3ccccc3)cc2C)CCC1. The van der Waals surface area contributed by atoms with Crippen LogP contribution >= 0.6 is 11.3 Å². The van der Waals surface area contributed by atoms with E-state index in [1.165, 1.54) is 23.7 Å². The minimum absolute atomic E-state index is 0.229. The molecule has 0 atom stereocenters. The molecule has 0 unspecified atom stereocenters. The van der Waals surface area contributed by atoms with Gasteiger partial charge in [-0.2, -0.15) is 0 Å². The van der Waals surface area contributed by atoms with Gasteiger partial charge in [-0.05, 0) is 68.7 Å². The van der Waals surface area contributed by atoms with E-state index in [-0.39, 0.29) is 17.8 Å². The molecule has 4 amide bonds. The van der Waals surface area contributed by atoms with Gasteiger partial charge in [-0.15, -0.1) is 11.3 Å². The van der Waals surface area contributed by atoms with Crippen molar-refractivity contribution in [3.8, 4) is 11.5 Å². The molecule has 2 aliphatic rings. The third-order valence-electron chi connectivity index (χ3n) is 7.03. The first kappa shape index (κ1) is 28.0. The number of rotatable bonds is 8. The third kappa shape index (κ3) is 5.67. The van der Waals surface area contributed by atoms with Crippen molar-refractivity contribution in [2.24, 2.45) is 0 Å². The number of hydrogen-bond donors (Lipinski definition) is 2. The standard InChI is InChI=1S/C32H29N5O5S/c1-3-41-17-14-26(38)36-16-7-8-21(19-36)34-30(39)29-28-27-25(13-15-33-31(27)43-29)37(32(40)35-28)24-12-11-23(18-20(24)2)42-22-9-5-4-6-10-22/h4-6,9-15,17-19H,3,7-8,16H2,1-2H3,(H,34,39)(H,35,40)/b17-14+. The summed E-state index contributed by atoms with van der Waals surface area (Å²) >= 11 is 1.21. The number of carbonyl (C=O) groups excluding carboxylic acids is 3. The fourth-order valence-corrected chi connectivity index (χ4v) is 6.09. The van der Waals surface area contributed by atoms with Crippen LogP contribution in [-0.2, 0) is 9.53 Å². The van der Waals surface area contributed by atoms with Crippen LogP contribution in [-0.4, -0.2) is 40.9 Å². The van der Waals surface area contributed by atoms with Crippen molar-refractivity contribution in [3.05, 3.63) is 95.5 Å². The summed E-state index contributed by atoms with van der Waals surface area (Å²) in [6.07, 6.45) is 7.33. The van der Waals surface area contributed by atoms with E-state index in [1.54, 1.807) is 28.3 Å². The van der Waals surface area contributed by atoms with Crippen LogP contribution in [0.1, 0.15) is 35.0 Å². The topological polar surface area (TPSA) is 113 Å². The Morgan fingerprint density at radius 3 is 2.74 bits per heavy atom. The highest BCUT2D eigenvalue weighted by atomic mass is 32.1. The fraction of sp³-hybridized carbons (Fsp3) is 0.188. The molecule has 0 bridgehead atoms.